The highest BCUT2D eigenvalue weighted by molar-refractivity contribution is 7.13. The quantitative estimate of drug-likeness (QED) is 0.736. The molecule has 2 aliphatic rings. The fourth-order valence-corrected chi connectivity index (χ4v) is 3.86. The standard InChI is InChI=1S/C20H23N3O4S/c1-26-16-5-4-14(8-17(16)27-12-13-2-3-13)15-9-19(25)23(10-15)11-18(24)22-20-21-6-7-28-20/h4-8,13,15H,2-3,9-12H2,1H3,(H,21,22,24)/t15-/m1/s1. The fourth-order valence-electron chi connectivity index (χ4n) is 3.32. The van der Waals surface area contributed by atoms with E-state index in [1.807, 2.05) is 18.2 Å². The van der Waals surface area contributed by atoms with Crippen LogP contribution >= 0.6 is 11.3 Å². The van der Waals surface area contributed by atoms with Gasteiger partial charge in [0.15, 0.2) is 16.6 Å². The number of nitrogens with zero attached hydrogens (tertiary/aromatic N) is 2. The third-order valence-corrected chi connectivity index (χ3v) is 5.75. The van der Waals surface area contributed by atoms with Crippen molar-refractivity contribution in [3.05, 3.63) is 35.3 Å². The van der Waals surface area contributed by atoms with E-state index in [-0.39, 0.29) is 24.3 Å². The number of benzene rings is 1. The van der Waals surface area contributed by atoms with E-state index in [4.69, 9.17) is 9.47 Å². The number of hydrogen-bond acceptors (Lipinski definition) is 6. The summed E-state index contributed by atoms with van der Waals surface area (Å²) in [6.45, 7) is 1.25. The number of likely N-dealkylation sites (tertiary alicyclic amines) is 1. The minimum atomic E-state index is -0.230. The summed E-state index contributed by atoms with van der Waals surface area (Å²) >= 11 is 1.35. The fraction of sp³-hybridized carbons (Fsp3) is 0.450. The maximum Gasteiger partial charge on any atom is 0.245 e. The van der Waals surface area contributed by atoms with Crippen LogP contribution in [0.3, 0.4) is 0 Å². The van der Waals surface area contributed by atoms with Gasteiger partial charge in [-0.05, 0) is 36.5 Å². The zero-order valence-corrected chi connectivity index (χ0v) is 16.5. The second-order valence-corrected chi connectivity index (χ2v) is 8.12. The number of hydrogen-bond donors (Lipinski definition) is 1. The minimum absolute atomic E-state index is 0.0180. The molecule has 0 bridgehead atoms. The third kappa shape index (κ3) is 4.44. The number of aromatic nitrogens is 1. The third-order valence-electron chi connectivity index (χ3n) is 5.06. The van der Waals surface area contributed by atoms with Crippen molar-refractivity contribution in [2.24, 2.45) is 5.92 Å². The molecule has 2 fully saturated rings. The van der Waals surface area contributed by atoms with Crippen LogP contribution in [-0.4, -0.2) is 48.5 Å². The molecule has 2 heterocycles. The Labute approximate surface area is 167 Å². The molecular formula is C20H23N3O4S. The van der Waals surface area contributed by atoms with Crippen LogP contribution in [0.4, 0.5) is 5.13 Å². The molecule has 1 N–H and O–H groups in total. The second-order valence-electron chi connectivity index (χ2n) is 7.23. The number of thiazole rings is 1. The van der Waals surface area contributed by atoms with Gasteiger partial charge in [-0.2, -0.15) is 0 Å². The smallest absolute Gasteiger partial charge is 0.245 e. The van der Waals surface area contributed by atoms with Crippen LogP contribution in [0.5, 0.6) is 11.5 Å². The van der Waals surface area contributed by atoms with Crippen LogP contribution < -0.4 is 14.8 Å². The predicted molar refractivity (Wildman–Crippen MR) is 106 cm³/mol. The number of rotatable bonds is 8. The number of methoxy groups -OCH3 is 1. The van der Waals surface area contributed by atoms with Crippen molar-refractivity contribution >= 4 is 28.3 Å². The molecule has 1 saturated carbocycles. The Morgan fingerprint density at radius 3 is 2.93 bits per heavy atom. The highest BCUT2D eigenvalue weighted by Crippen LogP contribution is 2.36. The number of nitrogens with one attached hydrogen (secondary N) is 1. The lowest BCUT2D eigenvalue weighted by atomic mass is 9.98. The Bertz CT molecular complexity index is 851. The van der Waals surface area contributed by atoms with Crippen LogP contribution in [0.2, 0.25) is 0 Å². The van der Waals surface area contributed by atoms with Gasteiger partial charge in [0.05, 0.1) is 20.3 Å². The molecule has 7 nitrogen and oxygen atoms in total. The average molecular weight is 401 g/mol. The van der Waals surface area contributed by atoms with E-state index in [9.17, 15) is 9.59 Å². The zero-order chi connectivity index (χ0) is 19.5. The maximum atomic E-state index is 12.4. The van der Waals surface area contributed by atoms with Gasteiger partial charge < -0.3 is 19.7 Å². The zero-order valence-electron chi connectivity index (χ0n) is 15.7. The summed E-state index contributed by atoms with van der Waals surface area (Å²) in [5, 5.41) is 5.05. The van der Waals surface area contributed by atoms with E-state index in [0.717, 1.165) is 11.3 Å². The van der Waals surface area contributed by atoms with Gasteiger partial charge in [-0.15, -0.1) is 11.3 Å². The van der Waals surface area contributed by atoms with Crippen molar-refractivity contribution in [2.45, 2.75) is 25.2 Å². The largest absolute Gasteiger partial charge is 0.493 e. The Morgan fingerprint density at radius 2 is 2.21 bits per heavy atom. The molecule has 4 rings (SSSR count). The van der Waals surface area contributed by atoms with Crippen molar-refractivity contribution in [3.8, 4) is 11.5 Å². The van der Waals surface area contributed by atoms with Crippen LogP contribution in [0, 0.1) is 5.92 Å². The number of ether oxygens (including phenoxy) is 2. The van der Waals surface area contributed by atoms with Gasteiger partial charge in [0, 0.05) is 30.5 Å². The van der Waals surface area contributed by atoms with Gasteiger partial charge in [-0.25, -0.2) is 4.98 Å². The first-order valence-electron chi connectivity index (χ1n) is 9.40. The van der Waals surface area contributed by atoms with Gasteiger partial charge in [0.25, 0.3) is 0 Å². The first-order chi connectivity index (χ1) is 13.6. The average Bonchev–Trinajstić information content (AvgIpc) is 3.26. The van der Waals surface area contributed by atoms with Crippen LogP contribution in [0.25, 0.3) is 0 Å². The first kappa shape index (κ1) is 18.7. The number of carbonyl (C=O) groups is 2. The van der Waals surface area contributed by atoms with E-state index in [0.29, 0.717) is 36.4 Å². The molecule has 28 heavy (non-hydrogen) atoms. The van der Waals surface area contributed by atoms with E-state index in [1.54, 1.807) is 23.6 Å². The van der Waals surface area contributed by atoms with Gasteiger partial charge in [-0.3, -0.25) is 9.59 Å². The molecule has 1 saturated heterocycles. The molecular weight excluding hydrogens is 378 g/mol. The van der Waals surface area contributed by atoms with Gasteiger partial charge in [0.2, 0.25) is 11.8 Å². The van der Waals surface area contributed by atoms with Gasteiger partial charge >= 0.3 is 0 Å². The van der Waals surface area contributed by atoms with Crippen molar-refractivity contribution in [3.63, 3.8) is 0 Å². The molecule has 2 amide bonds. The van der Waals surface area contributed by atoms with Crippen LogP contribution in [0.15, 0.2) is 29.8 Å². The number of amides is 2. The van der Waals surface area contributed by atoms with Crippen molar-refractivity contribution < 1.29 is 19.1 Å². The topological polar surface area (TPSA) is 80.8 Å². The van der Waals surface area contributed by atoms with Crippen molar-refractivity contribution in [2.75, 3.05) is 32.1 Å². The molecule has 1 aliphatic heterocycles. The number of anilines is 1. The summed E-state index contributed by atoms with van der Waals surface area (Å²) in [6.07, 6.45) is 4.46. The Kier molecular flexibility index (Phi) is 5.47. The van der Waals surface area contributed by atoms with Crippen LogP contribution in [0.1, 0.15) is 30.7 Å². The van der Waals surface area contributed by atoms with E-state index < -0.39 is 0 Å². The molecule has 8 heteroatoms. The molecule has 0 unspecified atom stereocenters. The highest BCUT2D eigenvalue weighted by Gasteiger charge is 2.32. The van der Waals surface area contributed by atoms with Crippen LogP contribution in [-0.2, 0) is 9.59 Å². The minimum Gasteiger partial charge on any atom is -0.493 e. The monoisotopic (exact) mass is 401 g/mol. The summed E-state index contributed by atoms with van der Waals surface area (Å²) in [5.74, 6) is 1.86. The van der Waals surface area contributed by atoms with Crippen molar-refractivity contribution in [1.82, 2.24) is 9.88 Å². The molecule has 1 aliphatic carbocycles. The molecule has 1 aromatic heterocycles. The summed E-state index contributed by atoms with van der Waals surface area (Å²) < 4.78 is 11.3. The highest BCUT2D eigenvalue weighted by atomic mass is 32.1. The summed E-state index contributed by atoms with van der Waals surface area (Å²) in [5.41, 5.74) is 1.03. The Balaban J connectivity index is 1.39. The van der Waals surface area contributed by atoms with E-state index >= 15 is 0 Å². The predicted octanol–water partition coefficient (Wildman–Crippen LogP) is 2.90. The van der Waals surface area contributed by atoms with Gasteiger partial charge in [0.1, 0.15) is 0 Å². The van der Waals surface area contributed by atoms with E-state index in [1.165, 1.54) is 24.2 Å². The molecule has 0 spiro atoms. The maximum absolute atomic E-state index is 12.4. The molecule has 148 valence electrons. The molecule has 2 aromatic rings. The lowest BCUT2D eigenvalue weighted by Crippen LogP contribution is -2.34. The normalized spacial score (nSPS) is 19.0. The molecule has 0 radical (unpaired) electrons. The summed E-state index contributed by atoms with van der Waals surface area (Å²) in [7, 11) is 1.63. The van der Waals surface area contributed by atoms with E-state index in [2.05, 4.69) is 10.3 Å². The Hall–Kier alpha value is -2.61. The summed E-state index contributed by atoms with van der Waals surface area (Å²) in [6, 6.07) is 5.83. The first-order valence-corrected chi connectivity index (χ1v) is 10.3. The molecule has 1 atom stereocenters. The SMILES string of the molecule is COc1ccc([C@@H]2CC(=O)N(CC(=O)Nc3nccs3)C2)cc1OCC1CC1. The lowest BCUT2D eigenvalue weighted by Gasteiger charge is -2.17. The van der Waals surface area contributed by atoms with Crippen molar-refractivity contribution in [1.29, 1.82) is 0 Å². The second kappa shape index (κ2) is 8.18. The summed E-state index contributed by atoms with van der Waals surface area (Å²) in [4.78, 5) is 30.2. The lowest BCUT2D eigenvalue weighted by molar-refractivity contribution is -0.131. The Morgan fingerprint density at radius 1 is 1.36 bits per heavy atom. The van der Waals surface area contributed by atoms with Gasteiger partial charge in [-0.1, -0.05) is 6.07 Å². The number of carbonyl (C=O) groups excluding carboxylic acids is 2. The molecule has 1 aromatic carbocycles.